The number of ether oxygens (including phenoxy) is 1. The zero-order valence-electron chi connectivity index (χ0n) is 17.9. The van der Waals surface area contributed by atoms with Gasteiger partial charge < -0.3 is 25.8 Å². The number of aromatic carboxylic acids is 1. The number of methoxy groups -OCH3 is 1. The van der Waals surface area contributed by atoms with Gasteiger partial charge in [0.1, 0.15) is 10.8 Å². The Morgan fingerprint density at radius 1 is 1.21 bits per heavy atom. The predicted molar refractivity (Wildman–Crippen MR) is 124 cm³/mol. The van der Waals surface area contributed by atoms with Crippen LogP contribution in [0.5, 0.6) is 5.75 Å². The molecule has 0 saturated heterocycles. The molecule has 4 N–H and O–H groups in total. The summed E-state index contributed by atoms with van der Waals surface area (Å²) >= 11 is 6.36. The Kier molecular flexibility index (Phi) is 6.32. The Morgan fingerprint density at radius 2 is 2.00 bits per heavy atom. The van der Waals surface area contributed by atoms with Crippen LogP contribution in [0, 0.1) is 0 Å². The summed E-state index contributed by atoms with van der Waals surface area (Å²) in [6.07, 6.45) is 2.15. The topological polar surface area (TPSA) is 125 Å². The first-order valence-corrected chi connectivity index (χ1v) is 10.6. The molecular weight excluding hydrogens is 446 g/mol. The lowest BCUT2D eigenvalue weighted by molar-refractivity contribution is -0.119. The van der Waals surface area contributed by atoms with Gasteiger partial charge >= 0.3 is 5.97 Å². The number of nitrogens with one attached hydrogen (secondary N) is 3. The van der Waals surface area contributed by atoms with Gasteiger partial charge in [-0.1, -0.05) is 35.9 Å². The van der Waals surface area contributed by atoms with E-state index >= 15 is 0 Å². The van der Waals surface area contributed by atoms with Crippen molar-refractivity contribution in [3.05, 3.63) is 70.4 Å². The van der Waals surface area contributed by atoms with Gasteiger partial charge in [-0.05, 0) is 35.7 Å². The molecule has 2 aromatic carbocycles. The molecule has 0 bridgehead atoms. The molecule has 2 atom stereocenters. The number of amides is 1. The van der Waals surface area contributed by atoms with Crippen molar-refractivity contribution in [1.29, 1.82) is 0 Å². The van der Waals surface area contributed by atoms with Gasteiger partial charge in [-0.3, -0.25) is 4.79 Å². The van der Waals surface area contributed by atoms with Gasteiger partial charge in [0.05, 0.1) is 36.6 Å². The fourth-order valence-electron chi connectivity index (χ4n) is 3.88. The van der Waals surface area contributed by atoms with Crippen molar-refractivity contribution in [1.82, 2.24) is 15.3 Å². The highest BCUT2D eigenvalue weighted by Crippen LogP contribution is 2.35. The van der Waals surface area contributed by atoms with Crippen molar-refractivity contribution in [2.24, 2.45) is 0 Å². The molecule has 33 heavy (non-hydrogen) atoms. The van der Waals surface area contributed by atoms with Crippen LogP contribution in [0.4, 0.5) is 17.5 Å². The van der Waals surface area contributed by atoms with Crippen LogP contribution >= 0.6 is 11.6 Å². The Hall–Kier alpha value is -3.85. The Morgan fingerprint density at radius 3 is 2.73 bits per heavy atom. The second-order valence-corrected chi connectivity index (χ2v) is 7.97. The van der Waals surface area contributed by atoms with Crippen molar-refractivity contribution >= 4 is 40.9 Å². The number of anilines is 3. The molecular formula is C23H22ClN5O4. The van der Waals surface area contributed by atoms with E-state index in [1.165, 1.54) is 32.4 Å². The highest BCUT2D eigenvalue weighted by Gasteiger charge is 2.33. The van der Waals surface area contributed by atoms with Gasteiger partial charge in [0.2, 0.25) is 11.9 Å². The summed E-state index contributed by atoms with van der Waals surface area (Å²) in [5.41, 5.74) is 2.79. The highest BCUT2D eigenvalue weighted by molar-refractivity contribution is 6.32. The van der Waals surface area contributed by atoms with Gasteiger partial charge in [0, 0.05) is 6.92 Å². The number of rotatable bonds is 7. The number of aromatic nitrogens is 2. The number of fused-ring (bicyclic) bond motifs is 1. The minimum Gasteiger partial charge on any atom is -0.495 e. The van der Waals surface area contributed by atoms with E-state index in [1.54, 1.807) is 6.07 Å². The molecule has 1 aromatic heterocycles. The minimum absolute atomic E-state index is 0.0987. The largest absolute Gasteiger partial charge is 0.495 e. The molecule has 0 fully saturated rings. The van der Waals surface area contributed by atoms with Gasteiger partial charge in [0.15, 0.2) is 5.82 Å². The van der Waals surface area contributed by atoms with E-state index in [1.807, 2.05) is 24.3 Å². The van der Waals surface area contributed by atoms with Crippen molar-refractivity contribution in [2.45, 2.75) is 25.4 Å². The third-order valence-electron chi connectivity index (χ3n) is 5.35. The summed E-state index contributed by atoms with van der Waals surface area (Å²) in [5, 5.41) is 18.9. The first-order valence-electron chi connectivity index (χ1n) is 10.2. The standard InChI is InChI=1S/C23H22ClN5O4/c1-12(30)26-20-15-6-4-3-5-13(15)9-18(20)27-21-16(24)11-25-23(29-21)28-17-8-7-14(22(31)32)10-19(17)33-2/h3-8,10-11,18,20H,9H2,1-2H3,(H,26,30)(H,31,32)(H2,25,27,28,29)/t18?,20-/m1/s1. The van der Waals surface area contributed by atoms with E-state index in [9.17, 15) is 14.7 Å². The zero-order chi connectivity index (χ0) is 23.5. The third-order valence-corrected chi connectivity index (χ3v) is 5.63. The van der Waals surface area contributed by atoms with Crippen LogP contribution in [0.15, 0.2) is 48.7 Å². The van der Waals surface area contributed by atoms with Crippen LogP contribution in [0.3, 0.4) is 0 Å². The summed E-state index contributed by atoms with van der Waals surface area (Å²) < 4.78 is 5.29. The smallest absolute Gasteiger partial charge is 0.335 e. The van der Waals surface area contributed by atoms with Gasteiger partial charge in [0.25, 0.3) is 0 Å². The number of hydrogen-bond acceptors (Lipinski definition) is 7. The molecule has 1 amide bonds. The number of carboxylic acid groups (broad SMARTS) is 1. The molecule has 0 spiro atoms. The average molecular weight is 468 g/mol. The Bertz CT molecular complexity index is 1220. The fraction of sp³-hybridized carbons (Fsp3) is 0.217. The molecule has 0 saturated carbocycles. The Balaban J connectivity index is 1.58. The molecule has 1 heterocycles. The molecule has 170 valence electrons. The number of carbonyl (C=O) groups excluding carboxylic acids is 1. The molecule has 3 aromatic rings. The molecule has 1 aliphatic rings. The van der Waals surface area contributed by atoms with E-state index < -0.39 is 5.97 Å². The van der Waals surface area contributed by atoms with Gasteiger partial charge in [-0.2, -0.15) is 4.98 Å². The van der Waals surface area contributed by atoms with Crippen LogP contribution in [0.25, 0.3) is 0 Å². The number of halogens is 1. The zero-order valence-corrected chi connectivity index (χ0v) is 18.7. The molecule has 1 aliphatic carbocycles. The summed E-state index contributed by atoms with van der Waals surface area (Å²) in [6, 6.07) is 12.0. The molecule has 0 radical (unpaired) electrons. The van der Waals surface area contributed by atoms with Crippen LogP contribution in [0.1, 0.15) is 34.5 Å². The fourth-order valence-corrected chi connectivity index (χ4v) is 4.02. The number of carbonyl (C=O) groups is 2. The first kappa shape index (κ1) is 22.3. The summed E-state index contributed by atoms with van der Waals surface area (Å²) in [4.78, 5) is 31.7. The Labute approximate surface area is 195 Å². The van der Waals surface area contributed by atoms with E-state index in [2.05, 4.69) is 25.9 Å². The maximum absolute atomic E-state index is 11.8. The highest BCUT2D eigenvalue weighted by atomic mass is 35.5. The number of benzene rings is 2. The van der Waals surface area contributed by atoms with Crippen LogP contribution in [0.2, 0.25) is 5.02 Å². The molecule has 1 unspecified atom stereocenters. The number of hydrogen-bond donors (Lipinski definition) is 4. The second kappa shape index (κ2) is 9.33. The van der Waals surface area contributed by atoms with Gasteiger partial charge in [-0.15, -0.1) is 0 Å². The van der Waals surface area contributed by atoms with Crippen LogP contribution < -0.4 is 20.7 Å². The minimum atomic E-state index is -1.06. The first-order chi connectivity index (χ1) is 15.9. The predicted octanol–water partition coefficient (Wildman–Crippen LogP) is 3.79. The monoisotopic (exact) mass is 467 g/mol. The summed E-state index contributed by atoms with van der Waals surface area (Å²) in [6.45, 7) is 1.49. The number of carboxylic acids is 1. The van der Waals surface area contributed by atoms with E-state index in [4.69, 9.17) is 16.3 Å². The summed E-state index contributed by atoms with van der Waals surface area (Å²) in [5.74, 6) is -0.199. The van der Waals surface area contributed by atoms with Crippen LogP contribution in [-0.2, 0) is 11.2 Å². The summed E-state index contributed by atoms with van der Waals surface area (Å²) in [7, 11) is 1.45. The lowest BCUT2D eigenvalue weighted by Gasteiger charge is -2.23. The van der Waals surface area contributed by atoms with Crippen molar-refractivity contribution in [2.75, 3.05) is 17.7 Å². The van der Waals surface area contributed by atoms with Crippen molar-refractivity contribution in [3.8, 4) is 5.75 Å². The second-order valence-electron chi connectivity index (χ2n) is 7.57. The average Bonchev–Trinajstić information content (AvgIpc) is 3.12. The maximum atomic E-state index is 11.8. The van der Waals surface area contributed by atoms with Crippen LogP contribution in [-0.4, -0.2) is 40.1 Å². The third kappa shape index (κ3) is 4.83. The molecule has 4 rings (SSSR count). The number of nitrogens with zero attached hydrogens (tertiary/aromatic N) is 2. The van der Waals surface area contributed by atoms with E-state index in [-0.39, 0.29) is 29.5 Å². The lowest BCUT2D eigenvalue weighted by Crippen LogP contribution is -2.37. The lowest BCUT2D eigenvalue weighted by atomic mass is 10.1. The normalized spacial score (nSPS) is 16.6. The maximum Gasteiger partial charge on any atom is 0.335 e. The van der Waals surface area contributed by atoms with Gasteiger partial charge in [-0.25, -0.2) is 9.78 Å². The van der Waals surface area contributed by atoms with Crippen molar-refractivity contribution < 1.29 is 19.4 Å². The molecule has 0 aliphatic heterocycles. The molecule has 9 nitrogen and oxygen atoms in total. The SMILES string of the molecule is COc1cc(C(=O)O)ccc1Nc1ncc(Cl)c(NC2Cc3ccccc3[C@H]2NC(C)=O)n1. The van der Waals surface area contributed by atoms with Crippen molar-refractivity contribution in [3.63, 3.8) is 0 Å². The molecule has 10 heteroatoms. The van der Waals surface area contributed by atoms with E-state index in [0.29, 0.717) is 28.7 Å². The van der Waals surface area contributed by atoms with E-state index in [0.717, 1.165) is 11.1 Å². The quantitative estimate of drug-likeness (QED) is 0.413.